The number of hydrogen-bond acceptors (Lipinski definition) is 5. The third-order valence-electron chi connectivity index (χ3n) is 4.09. The first-order valence-corrected chi connectivity index (χ1v) is 7.53. The van der Waals surface area contributed by atoms with Gasteiger partial charge in [-0.2, -0.15) is 0 Å². The summed E-state index contributed by atoms with van der Waals surface area (Å²) in [6.45, 7) is 4.68. The highest BCUT2D eigenvalue weighted by atomic mass is 16.1. The topological polar surface area (TPSA) is 74.5 Å². The fraction of sp³-hybridized carbons (Fsp3) is 0.600. The van der Waals surface area contributed by atoms with Crippen LogP contribution >= 0.6 is 0 Å². The van der Waals surface area contributed by atoms with Crippen LogP contribution in [-0.2, 0) is 0 Å². The Labute approximate surface area is 126 Å². The fourth-order valence-electron chi connectivity index (χ4n) is 2.84. The largest absolute Gasteiger partial charge is 0.367 e. The van der Waals surface area contributed by atoms with E-state index in [-0.39, 0.29) is 5.91 Å². The molecule has 2 aliphatic heterocycles. The molecular weight excluding hydrogens is 266 g/mol. The molecule has 0 spiro atoms. The summed E-state index contributed by atoms with van der Waals surface area (Å²) < 4.78 is 0. The molecule has 0 saturated carbocycles. The second kappa shape index (κ2) is 7.38. The second-order valence-electron chi connectivity index (χ2n) is 5.28. The number of likely N-dealkylation sites (tertiary alicyclic amines) is 1. The Morgan fingerprint density at radius 2 is 1.95 bits per heavy atom. The third kappa shape index (κ3) is 3.51. The van der Waals surface area contributed by atoms with Crippen molar-refractivity contribution in [3.8, 4) is 0 Å². The van der Waals surface area contributed by atoms with Crippen LogP contribution in [0.15, 0.2) is 18.3 Å². The maximum atomic E-state index is 11.4. The van der Waals surface area contributed by atoms with Crippen molar-refractivity contribution in [1.29, 1.82) is 0 Å². The molecule has 0 unspecified atom stereocenters. The fourth-order valence-corrected chi connectivity index (χ4v) is 2.84. The van der Waals surface area contributed by atoms with Gasteiger partial charge in [0.05, 0.1) is 11.9 Å². The van der Waals surface area contributed by atoms with Gasteiger partial charge in [-0.1, -0.05) is 0 Å². The summed E-state index contributed by atoms with van der Waals surface area (Å²) >= 11 is 0. The van der Waals surface area contributed by atoms with Crippen molar-refractivity contribution in [2.45, 2.75) is 18.9 Å². The molecule has 1 amide bonds. The molecule has 116 valence electrons. The average Bonchev–Trinajstić information content (AvgIpc) is 3.02. The number of nitrogens with one attached hydrogen (secondary N) is 1. The third-order valence-corrected chi connectivity index (χ3v) is 4.09. The Kier molecular flexibility index (Phi) is 5.52. The number of pyridine rings is 1. The van der Waals surface area contributed by atoms with E-state index >= 15 is 0 Å². The van der Waals surface area contributed by atoms with E-state index in [2.05, 4.69) is 25.8 Å². The molecule has 3 heterocycles. The van der Waals surface area contributed by atoms with Crippen LogP contribution in [0.4, 0.5) is 5.69 Å². The molecule has 0 aliphatic carbocycles. The number of nitrogens with two attached hydrogens (primary N) is 1. The summed E-state index contributed by atoms with van der Waals surface area (Å²) in [4.78, 5) is 20.5. The van der Waals surface area contributed by atoms with Crippen molar-refractivity contribution >= 4 is 11.6 Å². The molecule has 2 fully saturated rings. The SMILES string of the molecule is CN.CNC(=O)c1ccc(N2CC(N3CCCC3)C2)cn1. The predicted molar refractivity (Wildman–Crippen MR) is 84.5 cm³/mol. The van der Waals surface area contributed by atoms with Gasteiger partial charge in [-0.3, -0.25) is 9.69 Å². The first-order chi connectivity index (χ1) is 10.3. The molecule has 3 rings (SSSR count). The first-order valence-electron chi connectivity index (χ1n) is 7.53. The Bertz CT molecular complexity index is 450. The van der Waals surface area contributed by atoms with E-state index in [1.165, 1.54) is 33.0 Å². The summed E-state index contributed by atoms with van der Waals surface area (Å²) in [5.41, 5.74) is 6.09. The monoisotopic (exact) mass is 291 g/mol. The number of carbonyl (C=O) groups is 1. The van der Waals surface area contributed by atoms with E-state index in [1.54, 1.807) is 19.3 Å². The smallest absolute Gasteiger partial charge is 0.269 e. The Morgan fingerprint density at radius 1 is 1.29 bits per heavy atom. The minimum atomic E-state index is -0.134. The van der Waals surface area contributed by atoms with E-state index in [9.17, 15) is 4.79 Å². The number of aromatic nitrogens is 1. The zero-order valence-corrected chi connectivity index (χ0v) is 12.9. The first kappa shape index (κ1) is 15.7. The molecule has 0 atom stereocenters. The molecule has 21 heavy (non-hydrogen) atoms. The number of carbonyl (C=O) groups excluding carboxylic acids is 1. The summed E-state index contributed by atoms with van der Waals surface area (Å²) in [5.74, 6) is -0.134. The molecule has 2 saturated heterocycles. The van der Waals surface area contributed by atoms with Gasteiger partial charge in [0.15, 0.2) is 0 Å². The average molecular weight is 291 g/mol. The normalized spacial score (nSPS) is 18.7. The van der Waals surface area contributed by atoms with Crippen LogP contribution in [0.5, 0.6) is 0 Å². The summed E-state index contributed by atoms with van der Waals surface area (Å²) in [7, 11) is 3.12. The van der Waals surface area contributed by atoms with Crippen molar-refractivity contribution < 1.29 is 4.79 Å². The van der Waals surface area contributed by atoms with Crippen LogP contribution in [0.1, 0.15) is 23.3 Å². The van der Waals surface area contributed by atoms with Crippen molar-refractivity contribution in [3.05, 3.63) is 24.0 Å². The molecule has 1 aromatic heterocycles. The van der Waals surface area contributed by atoms with Gasteiger partial charge < -0.3 is 16.0 Å². The van der Waals surface area contributed by atoms with Crippen molar-refractivity contribution in [1.82, 2.24) is 15.2 Å². The standard InChI is InChI=1S/C14H20N4O.CH5N/c1-15-14(19)13-5-4-11(8-16-13)18-9-12(10-18)17-6-2-3-7-17;1-2/h4-5,8,12H,2-3,6-7,9-10H2,1H3,(H,15,19);2H2,1H3. The minimum absolute atomic E-state index is 0.134. The van der Waals surface area contributed by atoms with Gasteiger partial charge in [0.25, 0.3) is 5.91 Å². The maximum Gasteiger partial charge on any atom is 0.269 e. The lowest BCUT2D eigenvalue weighted by Gasteiger charge is -2.45. The lowest BCUT2D eigenvalue weighted by Crippen LogP contribution is -2.58. The van der Waals surface area contributed by atoms with Crippen LogP contribution in [0.3, 0.4) is 0 Å². The van der Waals surface area contributed by atoms with Crippen LogP contribution in [-0.4, -0.2) is 62.1 Å². The number of hydrogen-bond donors (Lipinski definition) is 2. The lowest BCUT2D eigenvalue weighted by atomic mass is 10.1. The molecule has 1 aromatic rings. The summed E-state index contributed by atoms with van der Waals surface area (Å²) in [6, 6.07) is 4.48. The zero-order chi connectivity index (χ0) is 15.2. The van der Waals surface area contributed by atoms with Gasteiger partial charge in [0, 0.05) is 26.2 Å². The van der Waals surface area contributed by atoms with Gasteiger partial charge in [0.1, 0.15) is 5.69 Å². The highest BCUT2D eigenvalue weighted by Gasteiger charge is 2.33. The predicted octanol–water partition coefficient (Wildman–Crippen LogP) is 0.301. The van der Waals surface area contributed by atoms with Crippen molar-refractivity contribution in [2.75, 3.05) is 45.2 Å². The zero-order valence-electron chi connectivity index (χ0n) is 12.9. The molecule has 0 radical (unpaired) electrons. The maximum absolute atomic E-state index is 11.4. The number of anilines is 1. The number of nitrogens with zero attached hydrogens (tertiary/aromatic N) is 3. The summed E-state index contributed by atoms with van der Waals surface area (Å²) in [5, 5.41) is 2.58. The molecule has 6 nitrogen and oxygen atoms in total. The van der Waals surface area contributed by atoms with Gasteiger partial charge >= 0.3 is 0 Å². The van der Waals surface area contributed by atoms with E-state index in [4.69, 9.17) is 0 Å². The number of amides is 1. The molecule has 0 bridgehead atoms. The van der Waals surface area contributed by atoms with Crippen molar-refractivity contribution in [3.63, 3.8) is 0 Å². The van der Waals surface area contributed by atoms with Crippen LogP contribution in [0, 0.1) is 0 Å². The van der Waals surface area contributed by atoms with Gasteiger partial charge in [-0.05, 0) is 45.1 Å². The van der Waals surface area contributed by atoms with E-state index < -0.39 is 0 Å². The molecule has 0 aromatic carbocycles. The summed E-state index contributed by atoms with van der Waals surface area (Å²) in [6.07, 6.45) is 4.49. The molecule has 2 aliphatic rings. The second-order valence-corrected chi connectivity index (χ2v) is 5.28. The highest BCUT2D eigenvalue weighted by molar-refractivity contribution is 5.92. The highest BCUT2D eigenvalue weighted by Crippen LogP contribution is 2.25. The van der Waals surface area contributed by atoms with Gasteiger partial charge in [0.2, 0.25) is 0 Å². The van der Waals surface area contributed by atoms with Gasteiger partial charge in [-0.25, -0.2) is 4.98 Å². The number of rotatable bonds is 3. The molecular formula is C15H25N5O. The van der Waals surface area contributed by atoms with E-state index in [0.717, 1.165) is 18.8 Å². The Balaban J connectivity index is 0.000000774. The lowest BCUT2D eigenvalue weighted by molar-refractivity contribution is 0.0958. The van der Waals surface area contributed by atoms with Crippen molar-refractivity contribution in [2.24, 2.45) is 5.73 Å². The van der Waals surface area contributed by atoms with E-state index in [0.29, 0.717) is 11.7 Å². The quantitative estimate of drug-likeness (QED) is 0.838. The molecule has 3 N–H and O–H groups in total. The van der Waals surface area contributed by atoms with Crippen LogP contribution in [0.25, 0.3) is 0 Å². The Hall–Kier alpha value is -1.66. The Morgan fingerprint density at radius 3 is 2.48 bits per heavy atom. The van der Waals surface area contributed by atoms with Crippen LogP contribution in [0.2, 0.25) is 0 Å². The van der Waals surface area contributed by atoms with E-state index in [1.807, 2.05) is 6.07 Å². The van der Waals surface area contributed by atoms with Gasteiger partial charge in [-0.15, -0.1) is 0 Å². The van der Waals surface area contributed by atoms with Crippen LogP contribution < -0.4 is 16.0 Å². The molecule has 6 heteroatoms. The minimum Gasteiger partial charge on any atom is -0.367 e.